The number of nitrogens with zero attached hydrogens (tertiary/aromatic N) is 1. The average Bonchev–Trinajstić information content (AvgIpc) is 2.62. The summed E-state index contributed by atoms with van der Waals surface area (Å²) >= 11 is 0. The fraction of sp³-hybridized carbons (Fsp3) is 0.579. The molecule has 1 unspecified atom stereocenters. The lowest BCUT2D eigenvalue weighted by molar-refractivity contribution is -0.146. The van der Waals surface area contributed by atoms with Crippen molar-refractivity contribution >= 4 is 11.9 Å². The molecule has 0 aliphatic carbocycles. The van der Waals surface area contributed by atoms with Gasteiger partial charge in [-0.25, -0.2) is 0 Å². The predicted molar refractivity (Wildman–Crippen MR) is 94.0 cm³/mol. The van der Waals surface area contributed by atoms with Gasteiger partial charge in [-0.1, -0.05) is 39.3 Å². The Hall–Kier alpha value is -2.04. The van der Waals surface area contributed by atoms with Gasteiger partial charge in [-0.15, -0.1) is 0 Å². The number of hydrogen-bond acceptors (Lipinski definition) is 4. The normalized spacial score (nSPS) is 11.7. The molecule has 0 fully saturated rings. The molecule has 1 amide bonds. The van der Waals surface area contributed by atoms with E-state index in [-0.39, 0.29) is 24.4 Å². The standard InChI is InChI=1S/C19H29NO4/c1-5-7-11-20(13-15(3)19(22)23-4)18(21)14-24-17-10-8-9-16(6-2)12-17/h8-10,12,15H,5-7,11,13-14H2,1-4H3. The number of carbonyl (C=O) groups excluding carboxylic acids is 2. The van der Waals surface area contributed by atoms with E-state index in [4.69, 9.17) is 9.47 Å². The molecule has 0 spiro atoms. The molecule has 0 aliphatic rings. The molecule has 1 aromatic carbocycles. The quantitative estimate of drug-likeness (QED) is 0.617. The Kier molecular flexibility index (Phi) is 8.90. The Morgan fingerprint density at radius 2 is 2.00 bits per heavy atom. The van der Waals surface area contributed by atoms with Crippen molar-refractivity contribution in [3.05, 3.63) is 29.8 Å². The Balaban J connectivity index is 2.64. The molecule has 134 valence electrons. The summed E-state index contributed by atoms with van der Waals surface area (Å²) in [5, 5.41) is 0. The smallest absolute Gasteiger partial charge is 0.310 e. The van der Waals surface area contributed by atoms with Crippen LogP contribution in [0.3, 0.4) is 0 Å². The molecule has 1 atom stereocenters. The van der Waals surface area contributed by atoms with Crippen molar-refractivity contribution in [3.8, 4) is 5.75 Å². The minimum atomic E-state index is -0.348. The third kappa shape index (κ3) is 6.60. The van der Waals surface area contributed by atoms with E-state index in [1.54, 1.807) is 11.8 Å². The van der Waals surface area contributed by atoms with Crippen LogP contribution in [0.5, 0.6) is 5.75 Å². The van der Waals surface area contributed by atoms with Crippen molar-refractivity contribution in [2.24, 2.45) is 5.92 Å². The largest absolute Gasteiger partial charge is 0.484 e. The number of benzene rings is 1. The second-order valence-corrected chi connectivity index (χ2v) is 5.91. The molecule has 0 aromatic heterocycles. The third-order valence-corrected chi connectivity index (χ3v) is 3.90. The SMILES string of the molecule is CCCCN(CC(C)C(=O)OC)C(=O)COc1cccc(CC)c1. The van der Waals surface area contributed by atoms with Crippen LogP contribution in [0.1, 0.15) is 39.2 Å². The predicted octanol–water partition coefficient (Wildman–Crippen LogP) is 3.07. The monoisotopic (exact) mass is 335 g/mol. The van der Waals surface area contributed by atoms with Crippen LogP contribution in [-0.2, 0) is 20.7 Å². The highest BCUT2D eigenvalue weighted by Crippen LogP contribution is 2.14. The van der Waals surface area contributed by atoms with Gasteiger partial charge in [0.05, 0.1) is 13.0 Å². The molecule has 0 heterocycles. The highest BCUT2D eigenvalue weighted by atomic mass is 16.5. The number of rotatable bonds is 10. The van der Waals surface area contributed by atoms with Crippen molar-refractivity contribution in [1.82, 2.24) is 4.90 Å². The molecule has 5 heteroatoms. The first-order valence-electron chi connectivity index (χ1n) is 8.59. The highest BCUT2D eigenvalue weighted by molar-refractivity contribution is 5.79. The number of hydrogen-bond donors (Lipinski definition) is 0. The zero-order valence-electron chi connectivity index (χ0n) is 15.2. The lowest BCUT2D eigenvalue weighted by atomic mass is 10.1. The number of carbonyl (C=O) groups is 2. The molecular formula is C19H29NO4. The Labute approximate surface area is 144 Å². The maximum Gasteiger partial charge on any atom is 0.310 e. The molecule has 1 rings (SSSR count). The third-order valence-electron chi connectivity index (χ3n) is 3.90. The molecule has 1 aromatic rings. The van der Waals surface area contributed by atoms with E-state index in [0.29, 0.717) is 18.8 Å². The molecule has 24 heavy (non-hydrogen) atoms. The van der Waals surface area contributed by atoms with Gasteiger partial charge in [0.2, 0.25) is 0 Å². The summed E-state index contributed by atoms with van der Waals surface area (Å²) in [5.41, 5.74) is 1.17. The number of amides is 1. The van der Waals surface area contributed by atoms with Crippen LogP contribution < -0.4 is 4.74 Å². The number of esters is 1. The molecular weight excluding hydrogens is 306 g/mol. The summed E-state index contributed by atoms with van der Waals surface area (Å²) in [7, 11) is 1.36. The first kappa shape index (κ1) is 20.0. The summed E-state index contributed by atoms with van der Waals surface area (Å²) in [6.07, 6.45) is 2.80. The van der Waals surface area contributed by atoms with E-state index in [0.717, 1.165) is 19.3 Å². The van der Waals surface area contributed by atoms with E-state index < -0.39 is 0 Å². The van der Waals surface area contributed by atoms with Gasteiger partial charge < -0.3 is 14.4 Å². The Morgan fingerprint density at radius 1 is 1.25 bits per heavy atom. The van der Waals surface area contributed by atoms with Crippen LogP contribution in [0.2, 0.25) is 0 Å². The summed E-state index contributed by atoms with van der Waals surface area (Å²) < 4.78 is 10.4. The van der Waals surface area contributed by atoms with Gasteiger partial charge in [-0.05, 0) is 30.5 Å². The van der Waals surface area contributed by atoms with Crippen LogP contribution in [0.4, 0.5) is 0 Å². The fourth-order valence-electron chi connectivity index (χ4n) is 2.36. The van der Waals surface area contributed by atoms with Crippen LogP contribution >= 0.6 is 0 Å². The summed E-state index contributed by atoms with van der Waals surface area (Å²) in [6, 6.07) is 7.74. The Bertz CT molecular complexity index is 530. The average molecular weight is 335 g/mol. The fourth-order valence-corrected chi connectivity index (χ4v) is 2.36. The first-order chi connectivity index (χ1) is 11.5. The number of aryl methyl sites for hydroxylation is 1. The zero-order valence-corrected chi connectivity index (χ0v) is 15.2. The van der Waals surface area contributed by atoms with Crippen molar-refractivity contribution < 1.29 is 19.1 Å². The minimum absolute atomic E-state index is 0.0230. The molecule has 0 saturated carbocycles. The second kappa shape index (κ2) is 10.7. The van der Waals surface area contributed by atoms with Crippen LogP contribution in [0.25, 0.3) is 0 Å². The number of ether oxygens (including phenoxy) is 2. The molecule has 0 aliphatic heterocycles. The first-order valence-corrected chi connectivity index (χ1v) is 8.59. The summed E-state index contributed by atoms with van der Waals surface area (Å²) in [6.45, 7) is 6.86. The van der Waals surface area contributed by atoms with Gasteiger partial charge in [0.1, 0.15) is 5.75 Å². The minimum Gasteiger partial charge on any atom is -0.484 e. The van der Waals surface area contributed by atoms with E-state index in [2.05, 4.69) is 13.8 Å². The van der Waals surface area contributed by atoms with Crippen LogP contribution in [0, 0.1) is 5.92 Å². The van der Waals surface area contributed by atoms with Crippen molar-refractivity contribution in [3.63, 3.8) is 0 Å². The van der Waals surface area contributed by atoms with Crippen molar-refractivity contribution in [2.45, 2.75) is 40.0 Å². The van der Waals surface area contributed by atoms with Gasteiger partial charge in [-0.2, -0.15) is 0 Å². The van der Waals surface area contributed by atoms with E-state index in [1.807, 2.05) is 24.3 Å². The maximum absolute atomic E-state index is 12.5. The van der Waals surface area contributed by atoms with Crippen LogP contribution in [0.15, 0.2) is 24.3 Å². The molecule has 0 radical (unpaired) electrons. The van der Waals surface area contributed by atoms with E-state index in [1.165, 1.54) is 12.7 Å². The highest BCUT2D eigenvalue weighted by Gasteiger charge is 2.21. The summed E-state index contributed by atoms with van der Waals surface area (Å²) in [5.74, 6) is -0.0691. The van der Waals surface area contributed by atoms with Crippen molar-refractivity contribution in [1.29, 1.82) is 0 Å². The van der Waals surface area contributed by atoms with Gasteiger partial charge in [0, 0.05) is 13.1 Å². The topological polar surface area (TPSA) is 55.8 Å². The number of unbranched alkanes of at least 4 members (excludes halogenated alkanes) is 1. The zero-order chi connectivity index (χ0) is 17.9. The van der Waals surface area contributed by atoms with Gasteiger partial charge in [0.25, 0.3) is 5.91 Å². The summed E-state index contributed by atoms with van der Waals surface area (Å²) in [4.78, 5) is 25.8. The van der Waals surface area contributed by atoms with Gasteiger partial charge in [-0.3, -0.25) is 9.59 Å². The maximum atomic E-state index is 12.5. The van der Waals surface area contributed by atoms with E-state index >= 15 is 0 Å². The molecule has 0 saturated heterocycles. The molecule has 0 bridgehead atoms. The Morgan fingerprint density at radius 3 is 2.62 bits per heavy atom. The van der Waals surface area contributed by atoms with Gasteiger partial charge >= 0.3 is 5.97 Å². The van der Waals surface area contributed by atoms with Crippen LogP contribution in [-0.4, -0.2) is 43.6 Å². The second-order valence-electron chi connectivity index (χ2n) is 5.91. The van der Waals surface area contributed by atoms with E-state index in [9.17, 15) is 9.59 Å². The molecule has 0 N–H and O–H groups in total. The van der Waals surface area contributed by atoms with Crippen molar-refractivity contribution in [2.75, 3.05) is 26.8 Å². The van der Waals surface area contributed by atoms with Gasteiger partial charge in [0.15, 0.2) is 6.61 Å². The molecule has 5 nitrogen and oxygen atoms in total. The number of methoxy groups -OCH3 is 1. The lowest BCUT2D eigenvalue weighted by Gasteiger charge is -2.25. The lowest BCUT2D eigenvalue weighted by Crippen LogP contribution is -2.40.